The maximum Gasteiger partial charge on any atom is 0.138 e. The van der Waals surface area contributed by atoms with Crippen LogP contribution in [-0.2, 0) is 13.5 Å². The number of nitrogens with one attached hydrogen (secondary N) is 1. The van der Waals surface area contributed by atoms with E-state index in [9.17, 15) is 0 Å². The van der Waals surface area contributed by atoms with Crippen molar-refractivity contribution in [2.24, 2.45) is 7.05 Å². The van der Waals surface area contributed by atoms with E-state index in [0.29, 0.717) is 10.8 Å². The van der Waals surface area contributed by atoms with E-state index in [-0.39, 0.29) is 0 Å². The molecule has 0 fully saturated rings. The summed E-state index contributed by atoms with van der Waals surface area (Å²) in [5.41, 5.74) is 0. The fourth-order valence-electron chi connectivity index (χ4n) is 1.61. The summed E-state index contributed by atoms with van der Waals surface area (Å²) in [5.74, 6) is 2.16. The third kappa shape index (κ3) is 5.87. The van der Waals surface area contributed by atoms with Crippen LogP contribution in [-0.4, -0.2) is 37.9 Å². The molecule has 0 aliphatic rings. The normalized spacial score (nSPS) is 13.8. The van der Waals surface area contributed by atoms with Gasteiger partial charge in [0.15, 0.2) is 0 Å². The molecule has 1 N–H and O–H groups in total. The first kappa shape index (κ1) is 15.5. The van der Waals surface area contributed by atoms with E-state index in [0.717, 1.165) is 31.0 Å². The van der Waals surface area contributed by atoms with Crippen LogP contribution in [0, 0.1) is 0 Å². The Kier molecular flexibility index (Phi) is 6.15. The minimum absolute atomic E-state index is 0.312. The first-order valence-electron chi connectivity index (χ1n) is 6.62. The highest BCUT2D eigenvalue weighted by atomic mass is 32.2. The van der Waals surface area contributed by atoms with Gasteiger partial charge >= 0.3 is 0 Å². The summed E-state index contributed by atoms with van der Waals surface area (Å²) in [6.07, 6.45) is 3.73. The molecule has 5 heteroatoms. The third-order valence-corrected chi connectivity index (χ3v) is 4.07. The Balaban J connectivity index is 2.52. The zero-order valence-electron chi connectivity index (χ0n) is 12.2. The van der Waals surface area contributed by atoms with Crippen molar-refractivity contribution in [3.8, 4) is 0 Å². The molecular weight excluding hydrogens is 244 g/mol. The minimum Gasteiger partial charge on any atom is -0.313 e. The van der Waals surface area contributed by atoms with E-state index >= 15 is 0 Å². The van der Waals surface area contributed by atoms with Crippen molar-refractivity contribution in [2.45, 2.75) is 51.3 Å². The van der Waals surface area contributed by atoms with E-state index in [4.69, 9.17) is 0 Å². The molecule has 18 heavy (non-hydrogen) atoms. The van der Waals surface area contributed by atoms with Crippen LogP contribution in [0.15, 0.2) is 6.33 Å². The molecule has 0 saturated carbocycles. The quantitative estimate of drug-likeness (QED) is 0.825. The van der Waals surface area contributed by atoms with Gasteiger partial charge in [0, 0.05) is 30.0 Å². The van der Waals surface area contributed by atoms with Crippen molar-refractivity contribution >= 4 is 11.8 Å². The average Bonchev–Trinajstić information content (AvgIpc) is 2.67. The standard InChI is InChI=1S/C13H26N4S/c1-6-7-14-11(9-18-13(2,3)4)8-12-15-10-16-17(12)5/h10-11,14H,6-9H2,1-5H3. The fraction of sp³-hybridized carbons (Fsp3) is 0.846. The first-order valence-corrected chi connectivity index (χ1v) is 7.61. The highest BCUT2D eigenvalue weighted by Crippen LogP contribution is 2.24. The minimum atomic E-state index is 0.312. The number of hydrogen-bond acceptors (Lipinski definition) is 4. The molecule has 0 saturated heterocycles. The molecule has 4 nitrogen and oxygen atoms in total. The Labute approximate surface area is 115 Å². The molecule has 1 atom stereocenters. The molecule has 0 amide bonds. The molecule has 0 aliphatic heterocycles. The van der Waals surface area contributed by atoms with Crippen LogP contribution < -0.4 is 5.32 Å². The fourth-order valence-corrected chi connectivity index (χ4v) is 2.55. The topological polar surface area (TPSA) is 42.7 Å². The first-order chi connectivity index (χ1) is 8.42. The number of aryl methyl sites for hydroxylation is 1. The SMILES string of the molecule is CCCNC(CSC(C)(C)C)Cc1ncnn1C. The lowest BCUT2D eigenvalue weighted by atomic mass is 10.2. The second kappa shape index (κ2) is 7.14. The molecule has 1 rings (SSSR count). The smallest absolute Gasteiger partial charge is 0.138 e. The van der Waals surface area contributed by atoms with E-state index in [1.54, 1.807) is 6.33 Å². The second-order valence-electron chi connectivity index (χ2n) is 5.58. The summed E-state index contributed by atoms with van der Waals surface area (Å²) in [6, 6.07) is 0.470. The van der Waals surface area contributed by atoms with Crippen LogP contribution >= 0.6 is 11.8 Å². The Morgan fingerprint density at radius 2 is 2.17 bits per heavy atom. The van der Waals surface area contributed by atoms with Gasteiger partial charge < -0.3 is 5.32 Å². The van der Waals surface area contributed by atoms with Crippen molar-refractivity contribution in [2.75, 3.05) is 12.3 Å². The van der Waals surface area contributed by atoms with Crippen molar-refractivity contribution < 1.29 is 0 Å². The monoisotopic (exact) mass is 270 g/mol. The van der Waals surface area contributed by atoms with Gasteiger partial charge in [-0.05, 0) is 13.0 Å². The predicted molar refractivity (Wildman–Crippen MR) is 79.0 cm³/mol. The highest BCUT2D eigenvalue weighted by molar-refractivity contribution is 8.00. The van der Waals surface area contributed by atoms with Crippen LogP contribution in [0.3, 0.4) is 0 Å². The molecule has 0 bridgehead atoms. The van der Waals surface area contributed by atoms with Gasteiger partial charge in [-0.15, -0.1) is 0 Å². The summed E-state index contributed by atoms with van der Waals surface area (Å²) in [7, 11) is 1.95. The van der Waals surface area contributed by atoms with Gasteiger partial charge in [-0.2, -0.15) is 16.9 Å². The van der Waals surface area contributed by atoms with E-state index in [2.05, 4.69) is 43.1 Å². The van der Waals surface area contributed by atoms with Gasteiger partial charge in [0.2, 0.25) is 0 Å². The van der Waals surface area contributed by atoms with Crippen molar-refractivity contribution in [3.63, 3.8) is 0 Å². The lowest BCUT2D eigenvalue weighted by molar-refractivity contribution is 0.524. The van der Waals surface area contributed by atoms with E-state index in [1.807, 2.05) is 23.5 Å². The molecule has 104 valence electrons. The molecule has 1 aromatic heterocycles. The molecular formula is C13H26N4S. The van der Waals surface area contributed by atoms with Crippen LogP contribution in [0.1, 0.15) is 39.9 Å². The maximum atomic E-state index is 4.31. The summed E-state index contributed by atoms with van der Waals surface area (Å²) in [6.45, 7) is 10.0. The molecule has 0 aromatic carbocycles. The van der Waals surface area contributed by atoms with Gasteiger partial charge in [0.1, 0.15) is 12.2 Å². The van der Waals surface area contributed by atoms with Crippen LogP contribution in [0.25, 0.3) is 0 Å². The molecule has 1 aromatic rings. The Morgan fingerprint density at radius 1 is 1.44 bits per heavy atom. The Morgan fingerprint density at radius 3 is 2.67 bits per heavy atom. The van der Waals surface area contributed by atoms with Crippen LogP contribution in [0.5, 0.6) is 0 Å². The van der Waals surface area contributed by atoms with Gasteiger partial charge in [0.05, 0.1) is 0 Å². The van der Waals surface area contributed by atoms with E-state index < -0.39 is 0 Å². The molecule has 0 spiro atoms. The molecule has 0 aliphatic carbocycles. The van der Waals surface area contributed by atoms with Crippen molar-refractivity contribution in [1.29, 1.82) is 0 Å². The molecule has 1 heterocycles. The lowest BCUT2D eigenvalue weighted by Gasteiger charge is -2.23. The van der Waals surface area contributed by atoms with Gasteiger partial charge in [-0.1, -0.05) is 27.7 Å². The highest BCUT2D eigenvalue weighted by Gasteiger charge is 2.17. The second-order valence-corrected chi connectivity index (χ2v) is 7.43. The van der Waals surface area contributed by atoms with Crippen LogP contribution in [0.4, 0.5) is 0 Å². The predicted octanol–water partition coefficient (Wildman–Crippen LogP) is 2.26. The number of aromatic nitrogens is 3. The van der Waals surface area contributed by atoms with Gasteiger partial charge in [-0.25, -0.2) is 4.98 Å². The number of hydrogen-bond donors (Lipinski definition) is 1. The van der Waals surface area contributed by atoms with Crippen LogP contribution in [0.2, 0.25) is 0 Å². The van der Waals surface area contributed by atoms with Gasteiger partial charge in [0.25, 0.3) is 0 Å². The molecule has 1 unspecified atom stereocenters. The number of thioether (sulfide) groups is 1. The lowest BCUT2D eigenvalue weighted by Crippen LogP contribution is -2.36. The van der Waals surface area contributed by atoms with Crippen molar-refractivity contribution in [3.05, 3.63) is 12.2 Å². The zero-order valence-corrected chi connectivity index (χ0v) is 13.0. The summed E-state index contributed by atoms with van der Waals surface area (Å²) >= 11 is 2.00. The number of rotatable bonds is 7. The Bertz CT molecular complexity index is 343. The summed E-state index contributed by atoms with van der Waals surface area (Å²) in [5, 5.41) is 7.74. The van der Waals surface area contributed by atoms with Gasteiger partial charge in [-0.3, -0.25) is 4.68 Å². The Hall–Kier alpha value is -0.550. The maximum absolute atomic E-state index is 4.31. The average molecular weight is 270 g/mol. The zero-order chi connectivity index (χ0) is 13.6. The van der Waals surface area contributed by atoms with E-state index in [1.165, 1.54) is 0 Å². The molecule has 0 radical (unpaired) electrons. The van der Waals surface area contributed by atoms with Crippen molar-refractivity contribution in [1.82, 2.24) is 20.1 Å². The third-order valence-electron chi connectivity index (χ3n) is 2.63. The largest absolute Gasteiger partial charge is 0.313 e. The summed E-state index contributed by atoms with van der Waals surface area (Å²) < 4.78 is 2.18. The number of nitrogens with zero attached hydrogens (tertiary/aromatic N) is 3. The summed E-state index contributed by atoms with van der Waals surface area (Å²) in [4.78, 5) is 4.31.